The van der Waals surface area contributed by atoms with Gasteiger partial charge in [-0.05, 0) is 30.4 Å². The van der Waals surface area contributed by atoms with E-state index in [0.29, 0.717) is 19.3 Å². The lowest BCUT2D eigenvalue weighted by Crippen LogP contribution is -2.36. The van der Waals surface area contributed by atoms with Crippen LogP contribution in [0, 0.1) is 5.41 Å². The third kappa shape index (κ3) is 4.20. The van der Waals surface area contributed by atoms with Crippen molar-refractivity contribution in [1.29, 1.82) is 0 Å². The fourth-order valence-electron chi connectivity index (χ4n) is 2.99. The molecule has 0 bridgehead atoms. The molecule has 1 N–H and O–H groups in total. The molecule has 2 aromatic rings. The fourth-order valence-corrected chi connectivity index (χ4v) is 2.99. The van der Waals surface area contributed by atoms with E-state index >= 15 is 0 Å². The molecule has 0 aliphatic rings. The SMILES string of the molecule is CCCCC(Cc1ccccc1)(Cc1ccccc1)C(=O)O. The minimum Gasteiger partial charge on any atom is -0.481 e. The van der Waals surface area contributed by atoms with Crippen molar-refractivity contribution in [3.8, 4) is 0 Å². The molecule has 0 spiro atoms. The normalized spacial score (nSPS) is 11.3. The van der Waals surface area contributed by atoms with Crippen molar-refractivity contribution >= 4 is 5.97 Å². The molecule has 2 heteroatoms. The number of hydrogen-bond acceptors (Lipinski definition) is 1. The first-order chi connectivity index (χ1) is 10.7. The van der Waals surface area contributed by atoms with Gasteiger partial charge >= 0.3 is 5.97 Å². The Kier molecular flexibility index (Phi) is 5.76. The van der Waals surface area contributed by atoms with E-state index in [2.05, 4.69) is 6.92 Å². The third-order valence-corrected chi connectivity index (χ3v) is 4.23. The van der Waals surface area contributed by atoms with Crippen molar-refractivity contribution in [2.24, 2.45) is 5.41 Å². The van der Waals surface area contributed by atoms with E-state index < -0.39 is 11.4 Å². The molecule has 0 unspecified atom stereocenters. The molecule has 0 atom stereocenters. The van der Waals surface area contributed by atoms with Crippen LogP contribution in [0.5, 0.6) is 0 Å². The van der Waals surface area contributed by atoms with Crippen LogP contribution in [0.3, 0.4) is 0 Å². The Hall–Kier alpha value is -2.09. The number of benzene rings is 2. The molecule has 116 valence electrons. The van der Waals surface area contributed by atoms with E-state index in [4.69, 9.17) is 0 Å². The molecule has 22 heavy (non-hydrogen) atoms. The van der Waals surface area contributed by atoms with Crippen LogP contribution in [-0.2, 0) is 17.6 Å². The first kappa shape index (κ1) is 16.3. The lowest BCUT2D eigenvalue weighted by molar-refractivity contribution is -0.149. The molecule has 0 aliphatic heterocycles. The smallest absolute Gasteiger partial charge is 0.310 e. The highest BCUT2D eigenvalue weighted by atomic mass is 16.4. The highest BCUT2D eigenvalue weighted by Gasteiger charge is 2.38. The predicted molar refractivity (Wildman–Crippen MR) is 89.9 cm³/mol. The average Bonchev–Trinajstić information content (AvgIpc) is 2.54. The van der Waals surface area contributed by atoms with E-state index in [1.807, 2.05) is 60.7 Å². The Morgan fingerprint density at radius 2 is 1.36 bits per heavy atom. The molecule has 2 nitrogen and oxygen atoms in total. The van der Waals surface area contributed by atoms with Crippen molar-refractivity contribution in [2.45, 2.75) is 39.0 Å². The number of hydrogen-bond donors (Lipinski definition) is 1. The van der Waals surface area contributed by atoms with Crippen LogP contribution >= 0.6 is 0 Å². The van der Waals surface area contributed by atoms with E-state index in [0.717, 1.165) is 24.0 Å². The summed E-state index contributed by atoms with van der Waals surface area (Å²) in [7, 11) is 0. The molecule has 0 radical (unpaired) electrons. The maximum absolute atomic E-state index is 12.1. The van der Waals surface area contributed by atoms with E-state index in [-0.39, 0.29) is 0 Å². The van der Waals surface area contributed by atoms with Gasteiger partial charge in [0.15, 0.2) is 0 Å². The maximum atomic E-state index is 12.1. The van der Waals surface area contributed by atoms with Crippen LogP contribution < -0.4 is 0 Å². The van der Waals surface area contributed by atoms with E-state index in [9.17, 15) is 9.90 Å². The topological polar surface area (TPSA) is 37.3 Å². The van der Waals surface area contributed by atoms with Gasteiger partial charge in [0.25, 0.3) is 0 Å². The van der Waals surface area contributed by atoms with Gasteiger partial charge in [0.05, 0.1) is 5.41 Å². The number of aliphatic carboxylic acids is 1. The molecule has 0 aliphatic carbocycles. The maximum Gasteiger partial charge on any atom is 0.310 e. The first-order valence-corrected chi connectivity index (χ1v) is 7.97. The van der Waals surface area contributed by atoms with Gasteiger partial charge in [0.1, 0.15) is 0 Å². The number of carbonyl (C=O) groups is 1. The Balaban J connectivity index is 2.30. The van der Waals surface area contributed by atoms with Gasteiger partial charge in [0.2, 0.25) is 0 Å². The Morgan fingerprint density at radius 3 is 1.73 bits per heavy atom. The Morgan fingerprint density at radius 1 is 0.909 bits per heavy atom. The van der Waals surface area contributed by atoms with Crippen molar-refractivity contribution in [3.63, 3.8) is 0 Å². The van der Waals surface area contributed by atoms with Crippen LogP contribution in [0.4, 0.5) is 0 Å². The summed E-state index contributed by atoms with van der Waals surface area (Å²) in [6.45, 7) is 2.11. The quantitative estimate of drug-likeness (QED) is 0.764. The third-order valence-electron chi connectivity index (χ3n) is 4.23. The largest absolute Gasteiger partial charge is 0.481 e. The molecule has 0 saturated carbocycles. The van der Waals surface area contributed by atoms with Gasteiger partial charge in [-0.1, -0.05) is 80.4 Å². The molecule has 0 saturated heterocycles. The van der Waals surface area contributed by atoms with Crippen LogP contribution in [-0.4, -0.2) is 11.1 Å². The van der Waals surface area contributed by atoms with Crippen LogP contribution in [0.25, 0.3) is 0 Å². The van der Waals surface area contributed by atoms with Gasteiger partial charge in [-0.2, -0.15) is 0 Å². The summed E-state index contributed by atoms with van der Waals surface area (Å²) in [4.78, 5) is 12.1. The van der Waals surface area contributed by atoms with Crippen molar-refractivity contribution in [3.05, 3.63) is 71.8 Å². The minimum absolute atomic E-state index is 0.581. The lowest BCUT2D eigenvalue weighted by atomic mass is 9.73. The monoisotopic (exact) mass is 296 g/mol. The van der Waals surface area contributed by atoms with Gasteiger partial charge in [-0.15, -0.1) is 0 Å². The molecule has 2 aromatic carbocycles. The van der Waals surface area contributed by atoms with Crippen LogP contribution in [0.2, 0.25) is 0 Å². The summed E-state index contributed by atoms with van der Waals surface area (Å²) in [6.07, 6.45) is 3.82. The molecule has 0 fully saturated rings. The molecule has 0 heterocycles. The zero-order valence-electron chi connectivity index (χ0n) is 13.2. The summed E-state index contributed by atoms with van der Waals surface area (Å²) in [5.74, 6) is -0.686. The second-order valence-corrected chi connectivity index (χ2v) is 6.01. The predicted octanol–water partition coefficient (Wildman–Crippen LogP) is 4.73. The van der Waals surface area contributed by atoms with Crippen molar-refractivity contribution in [2.75, 3.05) is 0 Å². The fraction of sp³-hybridized carbons (Fsp3) is 0.350. The summed E-state index contributed by atoms with van der Waals surface area (Å²) >= 11 is 0. The number of carboxylic acids is 1. The van der Waals surface area contributed by atoms with E-state index in [1.54, 1.807) is 0 Å². The highest BCUT2D eigenvalue weighted by molar-refractivity contribution is 5.75. The molecular formula is C20H24O2. The zero-order valence-corrected chi connectivity index (χ0v) is 13.2. The van der Waals surface area contributed by atoms with Crippen LogP contribution in [0.15, 0.2) is 60.7 Å². The summed E-state index contributed by atoms with van der Waals surface area (Å²) in [6, 6.07) is 19.9. The summed E-state index contributed by atoms with van der Waals surface area (Å²) in [5.41, 5.74) is 1.47. The molecule has 0 amide bonds. The summed E-state index contributed by atoms with van der Waals surface area (Å²) < 4.78 is 0. The molecular weight excluding hydrogens is 272 g/mol. The Bertz CT molecular complexity index is 534. The molecule has 2 rings (SSSR count). The lowest BCUT2D eigenvalue weighted by Gasteiger charge is -2.30. The van der Waals surface area contributed by atoms with Gasteiger partial charge < -0.3 is 5.11 Å². The van der Waals surface area contributed by atoms with Crippen molar-refractivity contribution in [1.82, 2.24) is 0 Å². The number of unbranched alkanes of at least 4 members (excludes halogenated alkanes) is 1. The van der Waals surface area contributed by atoms with Crippen LogP contribution in [0.1, 0.15) is 37.3 Å². The standard InChI is InChI=1S/C20H24O2/c1-2-3-14-20(19(21)22,15-17-10-6-4-7-11-17)16-18-12-8-5-9-13-18/h4-13H,2-3,14-16H2,1H3,(H,21,22). The minimum atomic E-state index is -0.723. The van der Waals surface area contributed by atoms with Gasteiger partial charge in [-0.25, -0.2) is 0 Å². The second kappa shape index (κ2) is 7.79. The second-order valence-electron chi connectivity index (χ2n) is 6.01. The van der Waals surface area contributed by atoms with E-state index in [1.165, 1.54) is 0 Å². The zero-order chi connectivity index (χ0) is 15.8. The molecule has 0 aromatic heterocycles. The van der Waals surface area contributed by atoms with Gasteiger partial charge in [-0.3, -0.25) is 4.79 Å². The highest BCUT2D eigenvalue weighted by Crippen LogP contribution is 2.34. The first-order valence-electron chi connectivity index (χ1n) is 7.97. The number of carboxylic acid groups (broad SMARTS) is 1. The van der Waals surface area contributed by atoms with Gasteiger partial charge in [0, 0.05) is 0 Å². The summed E-state index contributed by atoms with van der Waals surface area (Å²) in [5, 5.41) is 9.97. The average molecular weight is 296 g/mol. The number of rotatable bonds is 8. The van der Waals surface area contributed by atoms with Crippen molar-refractivity contribution < 1.29 is 9.90 Å². The Labute approximate surface area is 132 Å².